The molecular formula is C12H14FN5OS2. The molecule has 3 N–H and O–H groups in total. The van der Waals surface area contributed by atoms with E-state index < -0.39 is 5.82 Å². The summed E-state index contributed by atoms with van der Waals surface area (Å²) in [6, 6.07) is 4.79. The lowest BCUT2D eigenvalue weighted by atomic mass is 10.1. The number of rotatable bonds is 5. The minimum atomic E-state index is -0.488. The second kappa shape index (κ2) is 6.72. The lowest BCUT2D eigenvalue weighted by Crippen LogP contribution is -2.15. The number of nitrogens with zero attached hydrogens (tertiary/aromatic N) is 4. The fourth-order valence-electron chi connectivity index (χ4n) is 1.52. The normalized spacial score (nSPS) is 11.7. The molecule has 1 aromatic carbocycles. The van der Waals surface area contributed by atoms with Crippen molar-refractivity contribution in [1.29, 1.82) is 0 Å². The second-order valence-corrected chi connectivity index (χ2v) is 6.48. The molecule has 0 saturated carbocycles. The second-order valence-electron chi connectivity index (χ2n) is 4.30. The molecular weight excluding hydrogens is 313 g/mol. The van der Waals surface area contributed by atoms with E-state index in [0.717, 1.165) is 9.47 Å². The summed E-state index contributed by atoms with van der Waals surface area (Å²) in [5, 5.41) is 20.3. The molecule has 9 heteroatoms. The Morgan fingerprint density at radius 1 is 1.48 bits per heavy atom. The molecule has 0 aliphatic heterocycles. The van der Waals surface area contributed by atoms with Crippen LogP contribution in [0.3, 0.4) is 0 Å². The van der Waals surface area contributed by atoms with E-state index >= 15 is 0 Å². The van der Waals surface area contributed by atoms with Gasteiger partial charge in [0.15, 0.2) is 10.2 Å². The number of hydrogen-bond acceptors (Lipinski definition) is 7. The molecule has 0 amide bonds. The van der Waals surface area contributed by atoms with Gasteiger partial charge < -0.3 is 15.8 Å². The summed E-state index contributed by atoms with van der Waals surface area (Å²) in [5.41, 5.74) is 5.98. The van der Waals surface area contributed by atoms with Gasteiger partial charge in [-0.15, -0.1) is 10.2 Å². The Morgan fingerprint density at radius 2 is 2.24 bits per heavy atom. The molecule has 0 aliphatic carbocycles. The third-order valence-corrected chi connectivity index (χ3v) is 4.87. The van der Waals surface area contributed by atoms with Crippen LogP contribution in [-0.4, -0.2) is 35.3 Å². The highest BCUT2D eigenvalue weighted by atomic mass is 32.2. The molecule has 2 rings (SSSR count). The van der Waals surface area contributed by atoms with Gasteiger partial charge in [-0.3, -0.25) is 0 Å². The summed E-state index contributed by atoms with van der Waals surface area (Å²) in [6.45, 7) is 0. The van der Waals surface area contributed by atoms with Crippen molar-refractivity contribution in [3.05, 3.63) is 35.1 Å². The number of amidine groups is 1. The number of anilines is 1. The van der Waals surface area contributed by atoms with E-state index in [9.17, 15) is 4.39 Å². The average Bonchev–Trinajstić information content (AvgIpc) is 2.94. The molecule has 0 spiro atoms. The zero-order valence-electron chi connectivity index (χ0n) is 11.4. The number of benzene rings is 1. The van der Waals surface area contributed by atoms with Crippen LogP contribution in [0.25, 0.3) is 0 Å². The van der Waals surface area contributed by atoms with Crippen LogP contribution in [0, 0.1) is 5.82 Å². The highest BCUT2D eigenvalue weighted by molar-refractivity contribution is 8.00. The molecule has 0 fully saturated rings. The minimum Gasteiger partial charge on any atom is -0.409 e. The van der Waals surface area contributed by atoms with E-state index in [2.05, 4.69) is 15.4 Å². The fraction of sp³-hybridized carbons (Fsp3) is 0.250. The summed E-state index contributed by atoms with van der Waals surface area (Å²) in [7, 11) is 3.77. The molecule has 6 nitrogen and oxygen atoms in total. The van der Waals surface area contributed by atoms with Gasteiger partial charge in [0.1, 0.15) is 5.82 Å². The summed E-state index contributed by atoms with van der Waals surface area (Å²) in [4.78, 5) is 1.86. The van der Waals surface area contributed by atoms with Crippen LogP contribution in [0.4, 0.5) is 9.52 Å². The Morgan fingerprint density at radius 3 is 2.86 bits per heavy atom. The lowest BCUT2D eigenvalue weighted by molar-refractivity contribution is 0.318. The molecule has 0 aliphatic rings. The first-order valence-electron chi connectivity index (χ1n) is 5.92. The zero-order chi connectivity index (χ0) is 15.4. The van der Waals surface area contributed by atoms with Crippen molar-refractivity contribution >= 4 is 34.1 Å². The van der Waals surface area contributed by atoms with Crippen molar-refractivity contribution in [2.24, 2.45) is 10.9 Å². The van der Waals surface area contributed by atoms with Gasteiger partial charge in [-0.25, -0.2) is 4.39 Å². The van der Waals surface area contributed by atoms with Gasteiger partial charge in [0, 0.05) is 19.8 Å². The van der Waals surface area contributed by atoms with E-state index in [0.29, 0.717) is 11.3 Å². The van der Waals surface area contributed by atoms with Crippen molar-refractivity contribution in [3.8, 4) is 0 Å². The molecule has 0 atom stereocenters. The standard InChI is InChI=1S/C12H14FN5OS2/c1-18(2)11-15-16-12(21-11)20-6-7-4-3-5-8(9(7)13)10(14)17-19/h3-5,19H,6H2,1-2H3,(H2,14,17). The maximum atomic E-state index is 14.2. The number of aromatic nitrogens is 2. The molecule has 0 bridgehead atoms. The van der Waals surface area contributed by atoms with Gasteiger partial charge in [-0.2, -0.15) is 0 Å². The van der Waals surface area contributed by atoms with Crippen LogP contribution in [0.1, 0.15) is 11.1 Å². The Labute approximate surface area is 129 Å². The number of halogens is 1. The number of thioether (sulfide) groups is 1. The Balaban J connectivity index is 2.13. The predicted octanol–water partition coefficient (Wildman–Crippen LogP) is 2.13. The van der Waals surface area contributed by atoms with Crippen molar-refractivity contribution in [2.45, 2.75) is 10.1 Å². The average molecular weight is 327 g/mol. The molecule has 1 aromatic heterocycles. The van der Waals surface area contributed by atoms with Crippen LogP contribution >= 0.6 is 23.1 Å². The van der Waals surface area contributed by atoms with E-state index in [1.54, 1.807) is 12.1 Å². The van der Waals surface area contributed by atoms with Gasteiger partial charge in [0.25, 0.3) is 0 Å². The van der Waals surface area contributed by atoms with Gasteiger partial charge in [0.2, 0.25) is 5.13 Å². The van der Waals surface area contributed by atoms with Crippen LogP contribution in [-0.2, 0) is 5.75 Å². The van der Waals surface area contributed by atoms with E-state index in [1.807, 2.05) is 19.0 Å². The molecule has 21 heavy (non-hydrogen) atoms. The monoisotopic (exact) mass is 327 g/mol. The number of nitrogens with two attached hydrogens (primary N) is 1. The fourth-order valence-corrected chi connectivity index (χ4v) is 3.26. The highest BCUT2D eigenvalue weighted by Gasteiger charge is 2.13. The highest BCUT2D eigenvalue weighted by Crippen LogP contribution is 2.30. The van der Waals surface area contributed by atoms with E-state index in [1.165, 1.54) is 29.2 Å². The third-order valence-electron chi connectivity index (χ3n) is 2.59. The van der Waals surface area contributed by atoms with Crippen molar-refractivity contribution < 1.29 is 9.60 Å². The summed E-state index contributed by atoms with van der Waals surface area (Å²) in [5.74, 6) is -0.344. The van der Waals surface area contributed by atoms with Gasteiger partial charge in [0.05, 0.1) is 5.56 Å². The van der Waals surface area contributed by atoms with Crippen LogP contribution in [0.2, 0.25) is 0 Å². The Hall–Kier alpha value is -1.87. The Bertz CT molecular complexity index is 659. The molecule has 112 valence electrons. The van der Waals surface area contributed by atoms with Crippen LogP contribution < -0.4 is 10.6 Å². The quantitative estimate of drug-likeness (QED) is 0.288. The number of hydrogen-bond donors (Lipinski definition) is 2. The molecule has 1 heterocycles. The van der Waals surface area contributed by atoms with E-state index in [4.69, 9.17) is 10.9 Å². The van der Waals surface area contributed by atoms with Crippen molar-refractivity contribution in [3.63, 3.8) is 0 Å². The maximum Gasteiger partial charge on any atom is 0.208 e. The largest absolute Gasteiger partial charge is 0.409 e. The van der Waals surface area contributed by atoms with Crippen molar-refractivity contribution in [1.82, 2.24) is 10.2 Å². The molecule has 0 radical (unpaired) electrons. The topological polar surface area (TPSA) is 87.6 Å². The van der Waals surface area contributed by atoms with Crippen LogP contribution in [0.5, 0.6) is 0 Å². The van der Waals surface area contributed by atoms with Gasteiger partial charge in [-0.05, 0) is 11.6 Å². The Kier molecular flexibility index (Phi) is 4.97. The molecule has 2 aromatic rings. The molecule has 0 unspecified atom stereocenters. The van der Waals surface area contributed by atoms with E-state index in [-0.39, 0.29) is 11.4 Å². The maximum absolute atomic E-state index is 14.2. The minimum absolute atomic E-state index is 0.0850. The molecule has 0 saturated heterocycles. The first kappa shape index (κ1) is 15.5. The SMILES string of the molecule is CN(C)c1nnc(SCc2cccc(/C(N)=N/O)c2F)s1. The summed E-state index contributed by atoms with van der Waals surface area (Å²) in [6.07, 6.45) is 0. The van der Waals surface area contributed by atoms with Gasteiger partial charge in [-0.1, -0.05) is 40.4 Å². The lowest BCUT2D eigenvalue weighted by Gasteiger charge is -2.06. The summed E-state index contributed by atoms with van der Waals surface area (Å²) >= 11 is 2.83. The van der Waals surface area contributed by atoms with Crippen LogP contribution in [0.15, 0.2) is 27.7 Å². The van der Waals surface area contributed by atoms with Crippen molar-refractivity contribution in [2.75, 3.05) is 19.0 Å². The third kappa shape index (κ3) is 3.61. The summed E-state index contributed by atoms with van der Waals surface area (Å²) < 4.78 is 15.0. The van der Waals surface area contributed by atoms with Gasteiger partial charge >= 0.3 is 0 Å². The first-order chi connectivity index (χ1) is 10.0. The number of oxime groups is 1. The predicted molar refractivity (Wildman–Crippen MR) is 82.7 cm³/mol. The zero-order valence-corrected chi connectivity index (χ0v) is 13.1. The first-order valence-corrected chi connectivity index (χ1v) is 7.72. The smallest absolute Gasteiger partial charge is 0.208 e.